The van der Waals surface area contributed by atoms with E-state index in [1.807, 2.05) is 31.2 Å². The van der Waals surface area contributed by atoms with Crippen LogP contribution in [-0.2, 0) is 16.1 Å². The molecule has 0 aliphatic carbocycles. The van der Waals surface area contributed by atoms with E-state index in [1.165, 1.54) is 5.56 Å². The Hall–Kier alpha value is -2.66. The van der Waals surface area contributed by atoms with E-state index in [2.05, 4.69) is 0 Å². The molecule has 1 N–H and O–H groups in total. The molecule has 0 bridgehead atoms. The summed E-state index contributed by atoms with van der Waals surface area (Å²) in [6.07, 6.45) is 1.46. The van der Waals surface area contributed by atoms with Crippen LogP contribution in [0.5, 0.6) is 0 Å². The molecule has 0 saturated carbocycles. The second kappa shape index (κ2) is 8.35. The zero-order valence-corrected chi connectivity index (χ0v) is 15.7. The van der Waals surface area contributed by atoms with Crippen molar-refractivity contribution in [3.05, 3.63) is 70.8 Å². The number of carboxylic acids is 1. The van der Waals surface area contributed by atoms with Gasteiger partial charge < -0.3 is 14.7 Å². The first-order valence-corrected chi connectivity index (χ1v) is 9.21. The Morgan fingerprint density at radius 3 is 2.41 bits per heavy atom. The van der Waals surface area contributed by atoms with Crippen molar-refractivity contribution in [2.45, 2.75) is 32.4 Å². The SMILES string of the molecule is Cc1ccc(C2OCCCC2C(=O)N(C)Cc2ccc(C(=O)O)cc2)cc1. The minimum absolute atomic E-state index is 0.0580. The number of rotatable bonds is 5. The van der Waals surface area contributed by atoms with Crippen LogP contribution in [0.1, 0.15) is 46.0 Å². The molecule has 1 fully saturated rings. The predicted octanol–water partition coefficient (Wildman–Crippen LogP) is 3.82. The first-order chi connectivity index (χ1) is 13.0. The summed E-state index contributed by atoms with van der Waals surface area (Å²) in [4.78, 5) is 25.7. The zero-order valence-electron chi connectivity index (χ0n) is 15.7. The Bertz CT molecular complexity index is 798. The smallest absolute Gasteiger partial charge is 0.335 e. The molecule has 1 heterocycles. The minimum atomic E-state index is -0.953. The van der Waals surface area contributed by atoms with Gasteiger partial charge in [-0.2, -0.15) is 0 Å². The van der Waals surface area contributed by atoms with Gasteiger partial charge in [-0.15, -0.1) is 0 Å². The minimum Gasteiger partial charge on any atom is -0.478 e. The molecule has 1 saturated heterocycles. The zero-order chi connectivity index (χ0) is 19.4. The molecule has 27 heavy (non-hydrogen) atoms. The molecule has 2 aromatic carbocycles. The highest BCUT2D eigenvalue weighted by molar-refractivity contribution is 5.87. The number of hydrogen-bond donors (Lipinski definition) is 1. The number of benzene rings is 2. The lowest BCUT2D eigenvalue weighted by atomic mass is 9.88. The first-order valence-electron chi connectivity index (χ1n) is 9.21. The van der Waals surface area contributed by atoms with Gasteiger partial charge in [-0.05, 0) is 43.0 Å². The number of carboxylic acid groups (broad SMARTS) is 1. The molecule has 1 aliphatic heterocycles. The van der Waals surface area contributed by atoms with Crippen molar-refractivity contribution in [3.8, 4) is 0 Å². The van der Waals surface area contributed by atoms with Crippen molar-refractivity contribution in [2.24, 2.45) is 5.92 Å². The maximum Gasteiger partial charge on any atom is 0.335 e. The molecule has 142 valence electrons. The third kappa shape index (κ3) is 4.55. The Morgan fingerprint density at radius 1 is 1.11 bits per heavy atom. The van der Waals surface area contributed by atoms with Crippen LogP contribution in [-0.4, -0.2) is 35.5 Å². The van der Waals surface area contributed by atoms with Gasteiger partial charge in [-0.3, -0.25) is 4.79 Å². The van der Waals surface area contributed by atoms with Gasteiger partial charge in [0.2, 0.25) is 5.91 Å². The quantitative estimate of drug-likeness (QED) is 0.872. The van der Waals surface area contributed by atoms with Gasteiger partial charge >= 0.3 is 5.97 Å². The summed E-state index contributed by atoms with van der Waals surface area (Å²) in [5, 5.41) is 8.99. The summed E-state index contributed by atoms with van der Waals surface area (Å²) >= 11 is 0. The fourth-order valence-corrected chi connectivity index (χ4v) is 3.51. The second-order valence-electron chi connectivity index (χ2n) is 7.15. The van der Waals surface area contributed by atoms with E-state index in [4.69, 9.17) is 9.84 Å². The molecule has 5 heteroatoms. The average molecular weight is 367 g/mol. The molecule has 2 aromatic rings. The van der Waals surface area contributed by atoms with E-state index in [9.17, 15) is 9.59 Å². The third-order valence-corrected chi connectivity index (χ3v) is 5.04. The van der Waals surface area contributed by atoms with Gasteiger partial charge in [0.1, 0.15) is 0 Å². The molecule has 2 atom stereocenters. The van der Waals surface area contributed by atoms with Crippen LogP contribution in [0.2, 0.25) is 0 Å². The molecule has 2 unspecified atom stereocenters. The lowest BCUT2D eigenvalue weighted by molar-refractivity contribution is -0.144. The number of aromatic carboxylic acids is 1. The number of ether oxygens (including phenoxy) is 1. The summed E-state index contributed by atoms with van der Waals surface area (Å²) in [5.74, 6) is -1.10. The van der Waals surface area contributed by atoms with E-state index in [-0.39, 0.29) is 23.5 Å². The number of aryl methyl sites for hydroxylation is 1. The predicted molar refractivity (Wildman–Crippen MR) is 102 cm³/mol. The van der Waals surface area contributed by atoms with Crippen molar-refractivity contribution in [3.63, 3.8) is 0 Å². The highest BCUT2D eigenvalue weighted by Crippen LogP contribution is 2.35. The van der Waals surface area contributed by atoms with E-state index in [1.54, 1.807) is 36.2 Å². The van der Waals surface area contributed by atoms with Crippen LogP contribution in [0.15, 0.2) is 48.5 Å². The van der Waals surface area contributed by atoms with Crippen molar-refractivity contribution in [1.82, 2.24) is 4.90 Å². The lowest BCUT2D eigenvalue weighted by Crippen LogP contribution is -2.38. The highest BCUT2D eigenvalue weighted by atomic mass is 16.5. The molecular weight excluding hydrogens is 342 g/mol. The Kier molecular flexibility index (Phi) is 5.91. The molecule has 1 amide bonds. The van der Waals surface area contributed by atoms with Crippen molar-refractivity contribution in [2.75, 3.05) is 13.7 Å². The van der Waals surface area contributed by atoms with Gasteiger partial charge in [0.05, 0.1) is 17.6 Å². The van der Waals surface area contributed by atoms with Crippen LogP contribution in [0, 0.1) is 12.8 Å². The van der Waals surface area contributed by atoms with Gasteiger partial charge in [0.25, 0.3) is 0 Å². The van der Waals surface area contributed by atoms with Crippen LogP contribution in [0.4, 0.5) is 0 Å². The molecule has 0 aromatic heterocycles. The summed E-state index contributed by atoms with van der Waals surface area (Å²) in [7, 11) is 1.79. The van der Waals surface area contributed by atoms with Crippen molar-refractivity contribution in [1.29, 1.82) is 0 Å². The summed E-state index contributed by atoms with van der Waals surface area (Å²) < 4.78 is 5.97. The highest BCUT2D eigenvalue weighted by Gasteiger charge is 2.34. The van der Waals surface area contributed by atoms with Crippen LogP contribution < -0.4 is 0 Å². The molecule has 5 nitrogen and oxygen atoms in total. The fraction of sp³-hybridized carbons (Fsp3) is 0.364. The topological polar surface area (TPSA) is 66.8 Å². The largest absolute Gasteiger partial charge is 0.478 e. The van der Waals surface area contributed by atoms with Crippen LogP contribution in [0.3, 0.4) is 0 Å². The van der Waals surface area contributed by atoms with E-state index >= 15 is 0 Å². The van der Waals surface area contributed by atoms with Gasteiger partial charge in [0, 0.05) is 20.2 Å². The Balaban J connectivity index is 1.71. The maximum atomic E-state index is 13.1. The number of nitrogens with zero attached hydrogens (tertiary/aromatic N) is 1. The van der Waals surface area contributed by atoms with Crippen molar-refractivity contribution >= 4 is 11.9 Å². The summed E-state index contributed by atoms with van der Waals surface area (Å²) in [5.41, 5.74) is 3.37. The second-order valence-corrected chi connectivity index (χ2v) is 7.15. The van der Waals surface area contributed by atoms with Gasteiger partial charge in [0.15, 0.2) is 0 Å². The number of hydrogen-bond acceptors (Lipinski definition) is 3. The third-order valence-electron chi connectivity index (χ3n) is 5.04. The van der Waals surface area contributed by atoms with E-state index < -0.39 is 5.97 Å². The van der Waals surface area contributed by atoms with Crippen LogP contribution in [0.25, 0.3) is 0 Å². The Labute approximate surface area is 159 Å². The molecule has 1 aliphatic rings. The molecular formula is C22H25NO4. The lowest BCUT2D eigenvalue weighted by Gasteiger charge is -2.34. The molecule has 0 radical (unpaired) electrons. The number of amides is 1. The number of carbonyl (C=O) groups is 2. The normalized spacial score (nSPS) is 19.5. The standard InChI is InChI=1S/C22H25NO4/c1-15-5-9-17(10-6-15)20-19(4-3-13-27-20)21(24)23(2)14-16-7-11-18(12-8-16)22(25)26/h5-12,19-20H,3-4,13-14H2,1-2H3,(H,25,26). The van der Waals surface area contributed by atoms with E-state index in [0.29, 0.717) is 13.2 Å². The molecule has 0 spiro atoms. The Morgan fingerprint density at radius 2 is 1.78 bits per heavy atom. The van der Waals surface area contributed by atoms with Crippen LogP contribution >= 0.6 is 0 Å². The van der Waals surface area contributed by atoms with Gasteiger partial charge in [-0.25, -0.2) is 4.79 Å². The van der Waals surface area contributed by atoms with Gasteiger partial charge in [-0.1, -0.05) is 42.0 Å². The first kappa shape index (κ1) is 19.1. The summed E-state index contributed by atoms with van der Waals surface area (Å²) in [6.45, 7) is 3.15. The fourth-order valence-electron chi connectivity index (χ4n) is 3.51. The molecule has 3 rings (SSSR count). The maximum absolute atomic E-state index is 13.1. The van der Waals surface area contributed by atoms with Crippen molar-refractivity contribution < 1.29 is 19.4 Å². The summed E-state index contributed by atoms with van der Waals surface area (Å²) in [6, 6.07) is 14.8. The monoisotopic (exact) mass is 367 g/mol. The van der Waals surface area contributed by atoms with E-state index in [0.717, 1.165) is 24.0 Å². The average Bonchev–Trinajstić information content (AvgIpc) is 2.68. The number of carbonyl (C=O) groups excluding carboxylic acids is 1.